The zero-order valence-electron chi connectivity index (χ0n) is 11.9. The van der Waals surface area contributed by atoms with Crippen LogP contribution in [0.2, 0.25) is 0 Å². The largest absolute Gasteiger partial charge is 0.480 e. The van der Waals surface area contributed by atoms with Crippen LogP contribution in [0, 0.1) is 13.8 Å². The van der Waals surface area contributed by atoms with Crippen molar-refractivity contribution >= 4 is 5.78 Å². The summed E-state index contributed by atoms with van der Waals surface area (Å²) in [6.07, 6.45) is 2.97. The summed E-state index contributed by atoms with van der Waals surface area (Å²) in [5, 5.41) is 0. The second kappa shape index (κ2) is 5.69. The molecule has 0 saturated heterocycles. The van der Waals surface area contributed by atoms with Gasteiger partial charge in [-0.1, -0.05) is 0 Å². The number of nitrogens with zero attached hydrogens (tertiary/aromatic N) is 2. The first-order valence-electron chi connectivity index (χ1n) is 6.17. The van der Waals surface area contributed by atoms with Gasteiger partial charge in [0.05, 0.1) is 19.5 Å². The summed E-state index contributed by atoms with van der Waals surface area (Å²) in [5.74, 6) is 1.48. The lowest BCUT2D eigenvalue weighted by Crippen LogP contribution is -2.01. The van der Waals surface area contributed by atoms with Crippen molar-refractivity contribution in [1.82, 2.24) is 9.97 Å². The smallest absolute Gasteiger partial charge is 0.238 e. The number of ketones is 1. The Kier molecular flexibility index (Phi) is 3.98. The summed E-state index contributed by atoms with van der Waals surface area (Å²) in [6.45, 7) is 5.33. The van der Waals surface area contributed by atoms with Gasteiger partial charge in [0.25, 0.3) is 0 Å². The van der Waals surface area contributed by atoms with E-state index in [1.807, 2.05) is 26.0 Å². The number of ether oxygens (including phenoxy) is 2. The summed E-state index contributed by atoms with van der Waals surface area (Å²) in [4.78, 5) is 19.7. The van der Waals surface area contributed by atoms with E-state index in [4.69, 9.17) is 9.47 Å². The van der Waals surface area contributed by atoms with Crippen LogP contribution in [0.4, 0.5) is 0 Å². The third-order valence-electron chi connectivity index (χ3n) is 2.89. The van der Waals surface area contributed by atoms with Crippen LogP contribution in [-0.2, 0) is 0 Å². The van der Waals surface area contributed by atoms with Crippen LogP contribution in [0.5, 0.6) is 17.5 Å². The van der Waals surface area contributed by atoms with Gasteiger partial charge in [0.15, 0.2) is 5.78 Å². The number of Topliss-reactive ketones (excluding diaryl/α,β-unsaturated/α-hetero) is 1. The van der Waals surface area contributed by atoms with Crippen LogP contribution < -0.4 is 9.47 Å². The fourth-order valence-corrected chi connectivity index (χ4v) is 2.12. The summed E-state index contributed by atoms with van der Waals surface area (Å²) in [5.41, 5.74) is 2.50. The Morgan fingerprint density at radius 3 is 2.05 bits per heavy atom. The molecule has 2 rings (SSSR count). The normalized spacial score (nSPS) is 10.2. The van der Waals surface area contributed by atoms with Gasteiger partial charge in [-0.15, -0.1) is 0 Å². The van der Waals surface area contributed by atoms with E-state index < -0.39 is 0 Å². The van der Waals surface area contributed by atoms with E-state index in [0.717, 1.165) is 16.7 Å². The number of benzene rings is 1. The van der Waals surface area contributed by atoms with E-state index >= 15 is 0 Å². The predicted molar refractivity (Wildman–Crippen MR) is 74.6 cm³/mol. The van der Waals surface area contributed by atoms with E-state index in [1.165, 1.54) is 19.5 Å². The number of hydrogen-bond donors (Lipinski definition) is 0. The lowest BCUT2D eigenvalue weighted by molar-refractivity contribution is 0.101. The van der Waals surface area contributed by atoms with Crippen LogP contribution in [0.1, 0.15) is 28.4 Å². The van der Waals surface area contributed by atoms with Crippen molar-refractivity contribution in [2.45, 2.75) is 20.8 Å². The summed E-state index contributed by atoms with van der Waals surface area (Å²) in [6, 6.07) is 3.63. The minimum absolute atomic E-state index is 0.0517. The number of rotatable bonds is 4. The summed E-state index contributed by atoms with van der Waals surface area (Å²) >= 11 is 0. The highest BCUT2D eigenvalue weighted by atomic mass is 16.5. The summed E-state index contributed by atoms with van der Waals surface area (Å²) < 4.78 is 10.6. The Morgan fingerprint density at radius 2 is 1.60 bits per heavy atom. The molecular weight excluding hydrogens is 256 g/mol. The Balaban J connectivity index is 2.27. The molecule has 5 nitrogen and oxygen atoms in total. The molecule has 2 aromatic rings. The predicted octanol–water partition coefficient (Wildman–Crippen LogP) is 3.10. The van der Waals surface area contributed by atoms with Crippen molar-refractivity contribution in [3.63, 3.8) is 0 Å². The second-order valence-electron chi connectivity index (χ2n) is 4.49. The molecule has 1 aromatic carbocycles. The minimum Gasteiger partial charge on any atom is -0.480 e. The monoisotopic (exact) mass is 272 g/mol. The molecule has 1 aromatic heterocycles. The lowest BCUT2D eigenvalue weighted by atomic mass is 9.99. The zero-order valence-corrected chi connectivity index (χ0v) is 11.9. The fourth-order valence-electron chi connectivity index (χ4n) is 2.12. The Labute approximate surface area is 117 Å². The van der Waals surface area contributed by atoms with Gasteiger partial charge in [-0.2, -0.15) is 0 Å². The molecule has 0 fully saturated rings. The van der Waals surface area contributed by atoms with Crippen molar-refractivity contribution in [2.24, 2.45) is 0 Å². The van der Waals surface area contributed by atoms with Crippen LogP contribution in [-0.4, -0.2) is 22.9 Å². The molecule has 104 valence electrons. The van der Waals surface area contributed by atoms with Crippen molar-refractivity contribution in [1.29, 1.82) is 0 Å². The maximum absolute atomic E-state index is 11.6. The van der Waals surface area contributed by atoms with Gasteiger partial charge in [-0.05, 0) is 44.0 Å². The van der Waals surface area contributed by atoms with E-state index in [0.29, 0.717) is 17.5 Å². The van der Waals surface area contributed by atoms with Crippen LogP contribution >= 0.6 is 0 Å². The summed E-state index contributed by atoms with van der Waals surface area (Å²) in [7, 11) is 1.53. The maximum Gasteiger partial charge on any atom is 0.238 e. The number of aromatic nitrogens is 2. The van der Waals surface area contributed by atoms with Crippen LogP contribution in [0.3, 0.4) is 0 Å². The first-order valence-corrected chi connectivity index (χ1v) is 6.17. The maximum atomic E-state index is 11.6. The van der Waals surface area contributed by atoms with E-state index in [1.54, 1.807) is 6.92 Å². The molecule has 0 aliphatic carbocycles. The Morgan fingerprint density at radius 1 is 1.05 bits per heavy atom. The molecule has 0 N–H and O–H groups in total. The number of carbonyl (C=O) groups excluding carboxylic acids is 1. The Bertz CT molecular complexity index is 613. The molecule has 5 heteroatoms. The highest BCUT2D eigenvalue weighted by Gasteiger charge is 2.10. The van der Waals surface area contributed by atoms with E-state index in [9.17, 15) is 4.79 Å². The Hall–Kier alpha value is -2.43. The second-order valence-corrected chi connectivity index (χ2v) is 4.49. The van der Waals surface area contributed by atoms with Gasteiger partial charge in [0.1, 0.15) is 5.75 Å². The molecule has 0 unspecified atom stereocenters. The average molecular weight is 272 g/mol. The van der Waals surface area contributed by atoms with Crippen LogP contribution in [0.25, 0.3) is 0 Å². The molecule has 0 atom stereocenters. The van der Waals surface area contributed by atoms with Crippen molar-refractivity contribution in [3.05, 3.63) is 41.2 Å². The molecule has 1 heterocycles. The van der Waals surface area contributed by atoms with Gasteiger partial charge < -0.3 is 9.47 Å². The number of carbonyl (C=O) groups is 1. The molecule has 0 aliphatic heterocycles. The molecule has 0 saturated carbocycles. The van der Waals surface area contributed by atoms with E-state index in [-0.39, 0.29) is 5.78 Å². The SMILES string of the molecule is COc1cnc(Oc2cc(C)c(C(C)=O)c(C)c2)cn1. The van der Waals surface area contributed by atoms with Crippen molar-refractivity contribution in [2.75, 3.05) is 7.11 Å². The fraction of sp³-hybridized carbons (Fsp3) is 0.267. The molecule has 0 amide bonds. The standard InChI is InChI=1S/C15H16N2O3/c1-9-5-12(6-10(2)15(9)11(3)18)20-14-8-16-13(19-4)7-17-14/h5-8H,1-4H3. The first-order chi connectivity index (χ1) is 9.51. The topological polar surface area (TPSA) is 61.3 Å². The van der Waals surface area contributed by atoms with Crippen molar-refractivity contribution in [3.8, 4) is 17.5 Å². The van der Waals surface area contributed by atoms with Gasteiger partial charge in [-0.25, -0.2) is 9.97 Å². The molecule has 0 bridgehead atoms. The lowest BCUT2D eigenvalue weighted by Gasteiger charge is -2.10. The van der Waals surface area contributed by atoms with Gasteiger partial charge in [-0.3, -0.25) is 4.79 Å². The van der Waals surface area contributed by atoms with Gasteiger partial charge in [0.2, 0.25) is 11.8 Å². The highest BCUT2D eigenvalue weighted by Crippen LogP contribution is 2.25. The van der Waals surface area contributed by atoms with Gasteiger partial charge >= 0.3 is 0 Å². The van der Waals surface area contributed by atoms with Gasteiger partial charge in [0, 0.05) is 5.56 Å². The number of methoxy groups -OCH3 is 1. The molecule has 0 aliphatic rings. The average Bonchev–Trinajstić information content (AvgIpc) is 2.38. The third-order valence-corrected chi connectivity index (χ3v) is 2.89. The van der Waals surface area contributed by atoms with Crippen LogP contribution in [0.15, 0.2) is 24.5 Å². The molecule has 0 radical (unpaired) electrons. The highest BCUT2D eigenvalue weighted by molar-refractivity contribution is 5.97. The third kappa shape index (κ3) is 2.93. The molecular formula is C15H16N2O3. The van der Waals surface area contributed by atoms with Crippen molar-refractivity contribution < 1.29 is 14.3 Å². The number of aryl methyl sites for hydroxylation is 2. The zero-order chi connectivity index (χ0) is 14.7. The quantitative estimate of drug-likeness (QED) is 0.800. The van der Waals surface area contributed by atoms with E-state index in [2.05, 4.69) is 9.97 Å². The number of hydrogen-bond acceptors (Lipinski definition) is 5. The first kappa shape index (κ1) is 14.0. The molecule has 20 heavy (non-hydrogen) atoms. The minimum atomic E-state index is 0.0517. The molecule has 0 spiro atoms.